The van der Waals surface area contributed by atoms with Gasteiger partial charge in [0.05, 0.1) is 11.2 Å². The van der Waals surface area contributed by atoms with Crippen molar-refractivity contribution in [1.82, 2.24) is 10.3 Å². The smallest absolute Gasteiger partial charge is 0.244 e. The number of nitrogens with zero attached hydrogens (tertiary/aromatic N) is 1. The quantitative estimate of drug-likeness (QED) is 0.855. The highest BCUT2D eigenvalue weighted by Gasteiger charge is 2.00. The number of fused-ring (bicyclic) bond motifs is 1. The van der Waals surface area contributed by atoms with E-state index in [0.717, 1.165) is 22.2 Å². The maximum atomic E-state index is 11.5. The van der Waals surface area contributed by atoms with Gasteiger partial charge in [-0.3, -0.25) is 4.79 Å². The summed E-state index contributed by atoms with van der Waals surface area (Å²) in [6.07, 6.45) is 3.26. The lowest BCUT2D eigenvalue weighted by Gasteiger charge is -2.04. The van der Waals surface area contributed by atoms with E-state index in [4.69, 9.17) is 0 Å². The van der Waals surface area contributed by atoms with Gasteiger partial charge in [0.25, 0.3) is 0 Å². The molecule has 0 saturated heterocycles. The number of pyridine rings is 1. The fraction of sp³-hybridized carbons (Fsp3) is 0.250. The number of rotatable bonds is 3. The second-order valence-electron chi connectivity index (χ2n) is 4.88. The van der Waals surface area contributed by atoms with Gasteiger partial charge in [0.1, 0.15) is 0 Å². The molecule has 1 heterocycles. The summed E-state index contributed by atoms with van der Waals surface area (Å²) in [5.74, 6) is -0.0957. The molecule has 98 valence electrons. The molecule has 1 aromatic heterocycles. The molecule has 0 aliphatic carbocycles. The van der Waals surface area contributed by atoms with E-state index >= 15 is 0 Å². The molecule has 3 nitrogen and oxygen atoms in total. The Hall–Kier alpha value is -2.16. The minimum atomic E-state index is -0.0957. The standard InChI is InChI=1S/C16H18N2O/c1-11(2)17-15(19)10-9-14-8-7-13-6-4-5-12(3)16(13)18-14/h4-11H,1-3H3,(H,17,19)/b10-9+. The van der Waals surface area contributed by atoms with E-state index in [1.54, 1.807) is 6.08 Å². The van der Waals surface area contributed by atoms with E-state index in [0.29, 0.717) is 0 Å². The van der Waals surface area contributed by atoms with Crippen LogP contribution in [0.3, 0.4) is 0 Å². The number of aromatic nitrogens is 1. The highest BCUT2D eigenvalue weighted by molar-refractivity contribution is 5.92. The summed E-state index contributed by atoms with van der Waals surface area (Å²) < 4.78 is 0. The lowest BCUT2D eigenvalue weighted by atomic mass is 10.1. The number of hydrogen-bond acceptors (Lipinski definition) is 2. The molecule has 0 aliphatic heterocycles. The molecular formula is C16H18N2O. The fourth-order valence-corrected chi connectivity index (χ4v) is 1.90. The largest absolute Gasteiger partial charge is 0.350 e. The Kier molecular flexibility index (Phi) is 3.95. The van der Waals surface area contributed by atoms with Crippen LogP contribution in [-0.4, -0.2) is 16.9 Å². The summed E-state index contributed by atoms with van der Waals surface area (Å²) in [6, 6.07) is 10.2. The monoisotopic (exact) mass is 254 g/mol. The van der Waals surface area contributed by atoms with Crippen molar-refractivity contribution < 1.29 is 4.79 Å². The molecule has 3 heteroatoms. The Labute approximate surface area is 113 Å². The first kappa shape index (κ1) is 13.3. The van der Waals surface area contributed by atoms with E-state index in [1.807, 2.05) is 51.1 Å². The number of amides is 1. The van der Waals surface area contributed by atoms with Gasteiger partial charge in [0.15, 0.2) is 0 Å². The normalized spacial score (nSPS) is 11.4. The van der Waals surface area contributed by atoms with Crippen LogP contribution in [0.2, 0.25) is 0 Å². The van der Waals surface area contributed by atoms with Gasteiger partial charge in [-0.05, 0) is 38.5 Å². The molecule has 0 bridgehead atoms. The minimum absolute atomic E-state index is 0.0957. The Morgan fingerprint density at radius 3 is 2.79 bits per heavy atom. The molecule has 1 N–H and O–H groups in total. The Balaban J connectivity index is 2.24. The van der Waals surface area contributed by atoms with Gasteiger partial charge in [-0.15, -0.1) is 0 Å². The molecule has 0 atom stereocenters. The average Bonchev–Trinajstić information content (AvgIpc) is 2.36. The van der Waals surface area contributed by atoms with Crippen LogP contribution < -0.4 is 5.32 Å². The second-order valence-corrected chi connectivity index (χ2v) is 4.88. The van der Waals surface area contributed by atoms with Crippen molar-refractivity contribution in [2.24, 2.45) is 0 Å². The first-order valence-electron chi connectivity index (χ1n) is 6.41. The molecule has 0 fully saturated rings. The maximum absolute atomic E-state index is 11.5. The van der Waals surface area contributed by atoms with Gasteiger partial charge in [0.2, 0.25) is 5.91 Å². The second kappa shape index (κ2) is 5.65. The topological polar surface area (TPSA) is 42.0 Å². The average molecular weight is 254 g/mol. The lowest BCUT2D eigenvalue weighted by molar-refractivity contribution is -0.116. The molecule has 0 aliphatic rings. The zero-order valence-corrected chi connectivity index (χ0v) is 11.5. The molecule has 1 amide bonds. The van der Waals surface area contributed by atoms with E-state index in [-0.39, 0.29) is 11.9 Å². The first-order chi connectivity index (χ1) is 9.06. The summed E-state index contributed by atoms with van der Waals surface area (Å²) in [5, 5.41) is 3.92. The van der Waals surface area contributed by atoms with Gasteiger partial charge in [-0.1, -0.05) is 24.3 Å². The highest BCUT2D eigenvalue weighted by atomic mass is 16.1. The van der Waals surface area contributed by atoms with Crippen molar-refractivity contribution in [1.29, 1.82) is 0 Å². The molecule has 2 aromatic rings. The Morgan fingerprint density at radius 2 is 2.05 bits per heavy atom. The number of benzene rings is 1. The summed E-state index contributed by atoms with van der Waals surface area (Å²) >= 11 is 0. The van der Waals surface area contributed by atoms with E-state index in [1.165, 1.54) is 6.08 Å². The zero-order chi connectivity index (χ0) is 13.8. The van der Waals surface area contributed by atoms with Crippen LogP contribution in [-0.2, 0) is 4.79 Å². The number of para-hydroxylation sites is 1. The maximum Gasteiger partial charge on any atom is 0.244 e. The van der Waals surface area contributed by atoms with Crippen molar-refractivity contribution in [3.05, 3.63) is 47.7 Å². The number of nitrogens with one attached hydrogen (secondary N) is 1. The highest BCUT2D eigenvalue weighted by Crippen LogP contribution is 2.16. The van der Waals surface area contributed by atoms with Gasteiger partial charge in [-0.25, -0.2) is 4.98 Å². The molecule has 1 aromatic carbocycles. The molecule has 0 unspecified atom stereocenters. The van der Waals surface area contributed by atoms with Crippen LogP contribution in [0.5, 0.6) is 0 Å². The van der Waals surface area contributed by atoms with E-state index in [9.17, 15) is 4.79 Å². The van der Waals surface area contributed by atoms with Crippen LogP contribution in [0.25, 0.3) is 17.0 Å². The SMILES string of the molecule is Cc1cccc2ccc(/C=C/C(=O)NC(C)C)nc12. The number of carbonyl (C=O) groups is 1. The molecule has 0 saturated carbocycles. The molecule has 0 radical (unpaired) electrons. The third-order valence-electron chi connectivity index (χ3n) is 2.78. The number of hydrogen-bond donors (Lipinski definition) is 1. The molecule has 0 spiro atoms. The van der Waals surface area contributed by atoms with E-state index < -0.39 is 0 Å². The lowest BCUT2D eigenvalue weighted by Crippen LogP contribution is -2.28. The predicted octanol–water partition coefficient (Wildman–Crippen LogP) is 3.08. The van der Waals surface area contributed by atoms with Gasteiger partial charge in [0, 0.05) is 17.5 Å². The van der Waals surface area contributed by atoms with Gasteiger partial charge >= 0.3 is 0 Å². The number of aryl methyl sites for hydroxylation is 1. The third kappa shape index (κ3) is 3.41. The third-order valence-corrected chi connectivity index (χ3v) is 2.78. The Bertz CT molecular complexity index is 630. The molecule has 19 heavy (non-hydrogen) atoms. The van der Waals surface area contributed by atoms with Crippen LogP contribution in [0, 0.1) is 6.92 Å². The van der Waals surface area contributed by atoms with Crippen molar-refractivity contribution in [3.8, 4) is 0 Å². The van der Waals surface area contributed by atoms with Crippen LogP contribution in [0.4, 0.5) is 0 Å². The van der Waals surface area contributed by atoms with Crippen LogP contribution in [0.15, 0.2) is 36.4 Å². The summed E-state index contributed by atoms with van der Waals surface area (Å²) in [5.41, 5.74) is 2.91. The molecule has 2 rings (SSSR count). The fourth-order valence-electron chi connectivity index (χ4n) is 1.90. The zero-order valence-electron chi connectivity index (χ0n) is 11.5. The minimum Gasteiger partial charge on any atom is -0.350 e. The van der Waals surface area contributed by atoms with Gasteiger partial charge < -0.3 is 5.32 Å². The summed E-state index contributed by atoms with van der Waals surface area (Å²) in [6.45, 7) is 5.90. The van der Waals surface area contributed by atoms with Crippen molar-refractivity contribution in [2.45, 2.75) is 26.8 Å². The van der Waals surface area contributed by atoms with Crippen molar-refractivity contribution >= 4 is 22.9 Å². The number of carbonyl (C=O) groups excluding carboxylic acids is 1. The summed E-state index contributed by atoms with van der Waals surface area (Å²) in [4.78, 5) is 16.1. The van der Waals surface area contributed by atoms with Crippen LogP contribution >= 0.6 is 0 Å². The van der Waals surface area contributed by atoms with Crippen LogP contribution in [0.1, 0.15) is 25.1 Å². The Morgan fingerprint density at radius 1 is 1.26 bits per heavy atom. The van der Waals surface area contributed by atoms with Crippen molar-refractivity contribution in [2.75, 3.05) is 0 Å². The molecular weight excluding hydrogens is 236 g/mol. The van der Waals surface area contributed by atoms with Gasteiger partial charge in [-0.2, -0.15) is 0 Å². The summed E-state index contributed by atoms with van der Waals surface area (Å²) in [7, 11) is 0. The van der Waals surface area contributed by atoms with Crippen molar-refractivity contribution in [3.63, 3.8) is 0 Å². The predicted molar refractivity (Wildman–Crippen MR) is 78.8 cm³/mol. The first-order valence-corrected chi connectivity index (χ1v) is 6.41. The van der Waals surface area contributed by atoms with E-state index in [2.05, 4.69) is 10.3 Å².